The van der Waals surface area contributed by atoms with Crippen LogP contribution in [-0.2, 0) is 20.7 Å². The normalized spacial score (nSPS) is 22.5. The highest BCUT2D eigenvalue weighted by Gasteiger charge is 2.45. The Hall–Kier alpha value is -2.77. The van der Waals surface area contributed by atoms with Crippen LogP contribution < -0.4 is 0 Å². The van der Waals surface area contributed by atoms with Gasteiger partial charge in [-0.05, 0) is 12.1 Å². The summed E-state index contributed by atoms with van der Waals surface area (Å²) < 4.78 is 10.2. The van der Waals surface area contributed by atoms with Gasteiger partial charge in [0.15, 0.2) is 0 Å². The van der Waals surface area contributed by atoms with E-state index in [-0.39, 0.29) is 30.1 Å². The van der Waals surface area contributed by atoms with Crippen LogP contribution in [0.25, 0.3) is 11.4 Å². The van der Waals surface area contributed by atoms with Crippen molar-refractivity contribution in [2.75, 3.05) is 19.7 Å². The Morgan fingerprint density at radius 3 is 2.92 bits per heavy atom. The lowest BCUT2D eigenvalue weighted by Gasteiger charge is -2.16. The van der Waals surface area contributed by atoms with Crippen LogP contribution in [0.1, 0.15) is 12.3 Å². The van der Waals surface area contributed by atoms with E-state index in [9.17, 15) is 9.59 Å². The lowest BCUT2D eigenvalue weighted by Crippen LogP contribution is -2.31. The van der Waals surface area contributed by atoms with Gasteiger partial charge in [-0.3, -0.25) is 14.6 Å². The van der Waals surface area contributed by atoms with Crippen molar-refractivity contribution in [3.05, 3.63) is 30.4 Å². The van der Waals surface area contributed by atoms with E-state index in [0.29, 0.717) is 37.8 Å². The highest BCUT2D eigenvalue weighted by atomic mass is 16.5. The van der Waals surface area contributed by atoms with Crippen molar-refractivity contribution in [2.24, 2.45) is 11.8 Å². The lowest BCUT2D eigenvalue weighted by molar-refractivity contribution is -0.142. The first-order valence-electron chi connectivity index (χ1n) is 7.88. The molecule has 0 aromatic carbocycles. The van der Waals surface area contributed by atoms with Gasteiger partial charge in [0.05, 0.1) is 12.5 Å². The SMILES string of the molecule is O=C1OC[C@H]2CN(C(=O)CCc3nc(-c4ccncc4)no3)C[C@@H]12. The summed E-state index contributed by atoms with van der Waals surface area (Å²) in [5.74, 6) is 0.709. The van der Waals surface area contributed by atoms with Gasteiger partial charge in [0.1, 0.15) is 0 Å². The molecule has 1 amide bonds. The first-order chi connectivity index (χ1) is 11.7. The number of likely N-dealkylation sites (tertiary alicyclic amines) is 1. The lowest BCUT2D eigenvalue weighted by atomic mass is 10.0. The third kappa shape index (κ3) is 2.75. The molecule has 2 aromatic heterocycles. The molecule has 4 rings (SSSR count). The molecular formula is C16H16N4O4. The number of aromatic nitrogens is 3. The molecule has 24 heavy (non-hydrogen) atoms. The molecule has 0 N–H and O–H groups in total. The number of aryl methyl sites for hydroxylation is 1. The number of fused-ring (bicyclic) bond motifs is 1. The summed E-state index contributed by atoms with van der Waals surface area (Å²) in [7, 11) is 0. The van der Waals surface area contributed by atoms with Gasteiger partial charge < -0.3 is 14.2 Å². The van der Waals surface area contributed by atoms with Crippen LogP contribution in [0.2, 0.25) is 0 Å². The van der Waals surface area contributed by atoms with E-state index in [1.54, 1.807) is 29.4 Å². The second-order valence-corrected chi connectivity index (χ2v) is 6.04. The second-order valence-electron chi connectivity index (χ2n) is 6.04. The number of hydrogen-bond acceptors (Lipinski definition) is 7. The molecule has 0 saturated carbocycles. The summed E-state index contributed by atoms with van der Waals surface area (Å²) in [6.07, 6.45) is 3.98. The van der Waals surface area contributed by atoms with Crippen molar-refractivity contribution in [1.82, 2.24) is 20.0 Å². The number of hydrogen-bond donors (Lipinski definition) is 0. The molecular weight excluding hydrogens is 312 g/mol. The smallest absolute Gasteiger partial charge is 0.311 e. The molecule has 0 spiro atoms. The minimum absolute atomic E-state index is 0.000797. The number of nitrogens with zero attached hydrogens (tertiary/aromatic N) is 4. The number of ether oxygens (including phenoxy) is 1. The van der Waals surface area contributed by atoms with Gasteiger partial charge in [-0.1, -0.05) is 5.16 Å². The number of pyridine rings is 1. The van der Waals surface area contributed by atoms with Crippen molar-refractivity contribution in [2.45, 2.75) is 12.8 Å². The average Bonchev–Trinajstić information content (AvgIpc) is 3.31. The zero-order chi connectivity index (χ0) is 16.5. The van der Waals surface area contributed by atoms with E-state index in [1.165, 1.54) is 0 Å². The van der Waals surface area contributed by atoms with E-state index in [0.717, 1.165) is 5.56 Å². The molecule has 2 atom stereocenters. The number of esters is 1. The van der Waals surface area contributed by atoms with E-state index in [4.69, 9.17) is 9.26 Å². The van der Waals surface area contributed by atoms with Gasteiger partial charge in [-0.2, -0.15) is 4.98 Å². The number of carbonyl (C=O) groups is 2. The fourth-order valence-corrected chi connectivity index (χ4v) is 3.15. The zero-order valence-electron chi connectivity index (χ0n) is 12.9. The second kappa shape index (κ2) is 6.03. The van der Waals surface area contributed by atoms with E-state index < -0.39 is 0 Å². The minimum atomic E-state index is -0.186. The van der Waals surface area contributed by atoms with E-state index in [2.05, 4.69) is 15.1 Å². The van der Waals surface area contributed by atoms with Crippen molar-refractivity contribution in [3.63, 3.8) is 0 Å². The van der Waals surface area contributed by atoms with Crippen LogP contribution >= 0.6 is 0 Å². The Labute approximate surface area is 137 Å². The van der Waals surface area contributed by atoms with Gasteiger partial charge in [-0.25, -0.2) is 0 Å². The number of carbonyl (C=O) groups excluding carboxylic acids is 2. The predicted octanol–water partition coefficient (Wildman–Crippen LogP) is 0.696. The van der Waals surface area contributed by atoms with E-state index >= 15 is 0 Å². The molecule has 0 aliphatic carbocycles. The van der Waals surface area contributed by atoms with Crippen LogP contribution in [0.3, 0.4) is 0 Å². The highest BCUT2D eigenvalue weighted by molar-refractivity contribution is 5.80. The van der Waals surface area contributed by atoms with E-state index in [1.807, 2.05) is 0 Å². The maximum Gasteiger partial charge on any atom is 0.311 e. The van der Waals surface area contributed by atoms with Gasteiger partial charge in [0.25, 0.3) is 0 Å². The third-order valence-electron chi connectivity index (χ3n) is 4.50. The predicted molar refractivity (Wildman–Crippen MR) is 80.4 cm³/mol. The van der Waals surface area contributed by atoms with Crippen molar-refractivity contribution >= 4 is 11.9 Å². The maximum atomic E-state index is 12.3. The number of rotatable bonds is 4. The Balaban J connectivity index is 1.33. The van der Waals surface area contributed by atoms with Gasteiger partial charge in [-0.15, -0.1) is 0 Å². The van der Waals surface area contributed by atoms with Crippen LogP contribution in [0, 0.1) is 11.8 Å². The summed E-state index contributed by atoms with van der Waals surface area (Å²) in [5, 5.41) is 3.92. The maximum absolute atomic E-state index is 12.3. The largest absolute Gasteiger partial charge is 0.465 e. The number of cyclic esters (lactones) is 1. The fraction of sp³-hybridized carbons (Fsp3) is 0.438. The standard InChI is InChI=1S/C16H16N4O4/c21-14(20-7-11-9-23-16(22)12(11)8-20)2-1-13-18-15(19-24-13)10-3-5-17-6-4-10/h3-6,11-12H,1-2,7-9H2/t11-,12-/m1/s1. The average molecular weight is 328 g/mol. The topological polar surface area (TPSA) is 98.4 Å². The molecule has 2 aliphatic heterocycles. The summed E-state index contributed by atoms with van der Waals surface area (Å²) in [5.41, 5.74) is 0.817. The summed E-state index contributed by atoms with van der Waals surface area (Å²) >= 11 is 0. The van der Waals surface area contributed by atoms with Crippen LogP contribution in [-0.4, -0.2) is 51.6 Å². The van der Waals surface area contributed by atoms with Crippen molar-refractivity contribution in [3.8, 4) is 11.4 Å². The van der Waals surface area contributed by atoms with Gasteiger partial charge in [0, 0.05) is 49.8 Å². The Bertz CT molecular complexity index is 760. The molecule has 0 bridgehead atoms. The molecule has 8 nitrogen and oxygen atoms in total. The molecule has 2 aliphatic rings. The molecule has 2 saturated heterocycles. The first kappa shape index (κ1) is 14.8. The Morgan fingerprint density at radius 1 is 1.29 bits per heavy atom. The zero-order valence-corrected chi connectivity index (χ0v) is 12.9. The van der Waals surface area contributed by atoms with Gasteiger partial charge in [0.2, 0.25) is 17.6 Å². The summed E-state index contributed by atoms with van der Waals surface area (Å²) in [4.78, 5) is 33.8. The van der Waals surface area contributed by atoms with Crippen LogP contribution in [0.15, 0.2) is 29.0 Å². The Morgan fingerprint density at radius 2 is 2.12 bits per heavy atom. The highest BCUT2D eigenvalue weighted by Crippen LogP contribution is 2.30. The van der Waals surface area contributed by atoms with Gasteiger partial charge >= 0.3 is 5.97 Å². The minimum Gasteiger partial charge on any atom is -0.465 e. The monoisotopic (exact) mass is 328 g/mol. The Kier molecular flexibility index (Phi) is 3.72. The summed E-state index contributed by atoms with van der Waals surface area (Å²) in [6.45, 7) is 1.46. The van der Waals surface area contributed by atoms with Crippen LogP contribution in [0.4, 0.5) is 0 Å². The quantitative estimate of drug-likeness (QED) is 0.762. The molecule has 2 fully saturated rings. The molecule has 2 aromatic rings. The fourth-order valence-electron chi connectivity index (χ4n) is 3.15. The number of amides is 1. The molecule has 8 heteroatoms. The first-order valence-corrected chi connectivity index (χ1v) is 7.88. The van der Waals surface area contributed by atoms with Crippen LogP contribution in [0.5, 0.6) is 0 Å². The van der Waals surface area contributed by atoms with Crippen molar-refractivity contribution in [1.29, 1.82) is 0 Å². The molecule has 0 unspecified atom stereocenters. The third-order valence-corrected chi connectivity index (χ3v) is 4.50. The molecule has 124 valence electrons. The molecule has 4 heterocycles. The summed E-state index contributed by atoms with van der Waals surface area (Å²) in [6, 6.07) is 3.59. The molecule has 0 radical (unpaired) electrons. The van der Waals surface area contributed by atoms with Crippen molar-refractivity contribution < 1.29 is 18.8 Å².